The Balaban J connectivity index is 0.000000109. The minimum atomic E-state index is -2.26. The fraction of sp³-hybridized carbons (Fsp3) is 0.100. The maximum Gasteiger partial charge on any atom is 0.213 e. The van der Waals surface area contributed by atoms with Gasteiger partial charge in [-0.3, -0.25) is 0 Å². The molecule has 0 radical (unpaired) electrons. The van der Waals surface area contributed by atoms with Crippen molar-refractivity contribution in [1.82, 2.24) is 0 Å². The van der Waals surface area contributed by atoms with E-state index < -0.39 is 20.6 Å². The van der Waals surface area contributed by atoms with Crippen LogP contribution in [0.5, 0.6) is 0 Å². The van der Waals surface area contributed by atoms with E-state index in [9.17, 15) is 0 Å². The fourth-order valence-corrected chi connectivity index (χ4v) is 18.8. The minimum absolute atomic E-state index is 0.297. The lowest BCUT2D eigenvalue weighted by Gasteiger charge is -2.10. The van der Waals surface area contributed by atoms with Crippen LogP contribution < -0.4 is 18.3 Å². The van der Waals surface area contributed by atoms with E-state index in [2.05, 4.69) is 282 Å². The number of benzene rings is 16. The highest BCUT2D eigenvalue weighted by atomic mass is 16.3. The second kappa shape index (κ2) is 32.5. The molecular weight excluding hydrogens is 1560 g/mol. The van der Waals surface area contributed by atoms with Gasteiger partial charge in [-0.25, -0.2) is 18.3 Å². The van der Waals surface area contributed by atoms with Gasteiger partial charge >= 0.3 is 0 Å². The molecule has 0 aliphatic carbocycles. The van der Waals surface area contributed by atoms with Crippen molar-refractivity contribution in [2.45, 2.75) is 55.2 Å². The molecule has 0 fully saturated rings. The molecule has 0 bridgehead atoms. The normalized spacial score (nSPS) is 12.9. The average Bonchev–Trinajstić information content (AvgIpc) is 1.66. The summed E-state index contributed by atoms with van der Waals surface area (Å²) in [7, 11) is 8.00. The molecule has 0 N–H and O–H groups in total. The lowest BCUT2D eigenvalue weighted by atomic mass is 9.96. The van der Waals surface area contributed by atoms with Gasteiger partial charge in [-0.05, 0) is 262 Å². The second-order valence-corrected chi connectivity index (χ2v) is 34.0. The smallest absolute Gasteiger partial charge is 0.213 e. The number of fused-ring (bicyclic) bond motifs is 16. The predicted octanol–water partition coefficient (Wildman–Crippen LogP) is 30.1. The molecule has 0 atom stereocenters. The summed E-state index contributed by atoms with van der Waals surface area (Å²) < 4.78 is 105. The van der Waals surface area contributed by atoms with E-state index in [0.29, 0.717) is 27.8 Å². The fourth-order valence-electron chi connectivity index (χ4n) is 18.8. The Morgan fingerprint density at radius 1 is 0.195 bits per heavy atom. The zero-order valence-corrected chi connectivity index (χ0v) is 72.6. The van der Waals surface area contributed by atoms with Crippen LogP contribution in [0.4, 0.5) is 0 Å². The first kappa shape index (κ1) is 69.7. The quantitative estimate of drug-likeness (QED) is 0.142. The van der Waals surface area contributed by atoms with Gasteiger partial charge in [0.2, 0.25) is 22.8 Å². The SMILES string of the molecule is Cc1c[n+](C)c(-c2cc3c(cc2C)oc2cc4ccccc4cc23)cc1-c1ccccc1.Cc1cc2oc3cc4ccccc4cc3c2cc1-c1cc(-c2ccccc2)cc[n+]1C.[2H]C([2H])([2H])c1c[n+](C)c(-c2cc3c(cc2C)oc2cc4ccccc4cc23)cc1-c1ccccc1.[2H]C([2H])([2H])c1ccc2cc3oc4cc(-c5cc(-c6ccccc6)c(C([2H])([2H])[2H])c[n+]5C)c(C)cc4c3cc2c1. The van der Waals surface area contributed by atoms with Gasteiger partial charge in [-0.1, -0.05) is 218 Å². The molecule has 8 nitrogen and oxygen atoms in total. The Hall–Kier alpha value is -15.6. The molecule has 0 amide bonds. The summed E-state index contributed by atoms with van der Waals surface area (Å²) >= 11 is 0. The molecule has 24 rings (SSSR count). The zero-order chi connectivity index (χ0) is 94.8. The van der Waals surface area contributed by atoms with E-state index in [1.165, 1.54) is 88.4 Å². The zero-order valence-electron chi connectivity index (χ0n) is 81.6. The Morgan fingerprint density at radius 2 is 0.484 bits per heavy atom. The number of hydrogen-bond acceptors (Lipinski definition) is 4. The summed E-state index contributed by atoms with van der Waals surface area (Å²) in [5.74, 6) is 0. The van der Waals surface area contributed by atoms with Gasteiger partial charge in [0.1, 0.15) is 72.9 Å². The van der Waals surface area contributed by atoms with E-state index >= 15 is 0 Å². The third-order valence-corrected chi connectivity index (χ3v) is 25.5. The summed E-state index contributed by atoms with van der Waals surface area (Å²) in [5, 5.41) is 17.6. The maximum absolute atomic E-state index is 8.13. The topological polar surface area (TPSA) is 68.1 Å². The molecule has 0 aliphatic rings. The van der Waals surface area contributed by atoms with Gasteiger partial charge in [0, 0.05) is 119 Å². The summed E-state index contributed by atoms with van der Waals surface area (Å²) in [6, 6.07) is 116. The van der Waals surface area contributed by atoms with Crippen LogP contribution in [0.15, 0.2) is 382 Å². The first-order valence-corrected chi connectivity index (χ1v) is 43.2. The van der Waals surface area contributed by atoms with Gasteiger partial charge < -0.3 is 17.7 Å². The lowest BCUT2D eigenvalue weighted by molar-refractivity contribution is -0.660. The predicted molar refractivity (Wildman–Crippen MR) is 531 cm³/mol. The molecule has 8 heteroatoms. The van der Waals surface area contributed by atoms with Crippen molar-refractivity contribution in [2.24, 2.45) is 28.2 Å². The van der Waals surface area contributed by atoms with Gasteiger partial charge in [-0.2, -0.15) is 0 Å². The van der Waals surface area contributed by atoms with Crippen molar-refractivity contribution in [3.05, 3.63) is 409 Å². The number of rotatable bonds is 8. The number of furan rings is 4. The molecule has 0 saturated heterocycles. The average molecular weight is 1670 g/mol. The molecule has 616 valence electrons. The molecule has 0 unspecified atom stereocenters. The third-order valence-electron chi connectivity index (χ3n) is 25.5. The van der Waals surface area contributed by atoms with Gasteiger partial charge in [-0.15, -0.1) is 0 Å². The van der Waals surface area contributed by atoms with Crippen LogP contribution in [0.2, 0.25) is 0 Å². The van der Waals surface area contributed by atoms with Crippen LogP contribution in [0.3, 0.4) is 0 Å². The summed E-state index contributed by atoms with van der Waals surface area (Å²) in [6.45, 7) is 3.95. The first-order valence-electron chi connectivity index (χ1n) is 47.7. The third kappa shape index (κ3) is 14.7. The van der Waals surface area contributed by atoms with E-state index in [-0.39, 0.29) is 0 Å². The molecule has 128 heavy (non-hydrogen) atoms. The molecule has 8 heterocycles. The molecule has 0 aliphatic heterocycles. The van der Waals surface area contributed by atoms with Crippen LogP contribution >= 0.6 is 0 Å². The van der Waals surface area contributed by atoms with Crippen molar-refractivity contribution >= 4 is 131 Å². The van der Waals surface area contributed by atoms with Crippen molar-refractivity contribution in [3.8, 4) is 89.5 Å². The number of aryl methyl sites for hydroxylation is 12. The van der Waals surface area contributed by atoms with Crippen LogP contribution in [0.1, 0.15) is 56.8 Å². The molecule has 8 aromatic heterocycles. The van der Waals surface area contributed by atoms with Crippen LogP contribution in [0, 0.1) is 55.2 Å². The van der Waals surface area contributed by atoms with Crippen molar-refractivity contribution in [2.75, 3.05) is 0 Å². The Kier molecular flexibility index (Phi) is 17.7. The highest BCUT2D eigenvalue weighted by Crippen LogP contribution is 2.44. The van der Waals surface area contributed by atoms with E-state index in [0.717, 1.165) is 149 Å². The van der Waals surface area contributed by atoms with Crippen LogP contribution in [-0.4, -0.2) is 0 Å². The standard InChI is InChI=1S/C31H26NO.2C30H24NO.C29H22NO/c1-19-10-11-23-15-30-28(14-24(23)12-19)27-13-20(2)26(17-31(27)33-30)29-16-25(21(3)18-32(29)4)22-8-6-5-7-9-22;2*1-19-13-29-27(26-14-22-11-7-8-12-23(22)15-30(26)32-29)16-25(19)28-17-24(20(2)18-31(28)3)21-9-5-4-6-10-21;1-19-14-28-26(25-15-21-10-6-7-11-22(21)17-29(25)31-28)18-24(19)27-16-23(12-13-30(27)2)20-8-4-3-5-9-20/h5-18H,1-4H3;2*4-18H,1-3H3;3-18H,1-2H3/q4*+1/i1D3,3D3;2D3;;. The van der Waals surface area contributed by atoms with E-state index in [4.69, 9.17) is 30.0 Å². The molecule has 24 aromatic rings. The summed E-state index contributed by atoms with van der Waals surface area (Å²) in [6.07, 6.45) is 7.81. The first-order chi connectivity index (χ1) is 65.9. The van der Waals surface area contributed by atoms with Crippen molar-refractivity contribution in [3.63, 3.8) is 0 Å². The van der Waals surface area contributed by atoms with Crippen molar-refractivity contribution < 1.29 is 48.3 Å². The summed E-state index contributed by atoms with van der Waals surface area (Å²) in [5.41, 5.74) is 30.3. The monoisotopic (exact) mass is 1670 g/mol. The lowest BCUT2D eigenvalue weighted by Crippen LogP contribution is -2.31. The second-order valence-electron chi connectivity index (χ2n) is 34.0. The Morgan fingerprint density at radius 3 is 0.867 bits per heavy atom. The Bertz CT molecular complexity index is 8960. The molecule has 0 spiro atoms. The number of nitrogens with zero attached hydrogens (tertiary/aromatic N) is 4. The highest BCUT2D eigenvalue weighted by molar-refractivity contribution is 6.15. The van der Waals surface area contributed by atoms with E-state index in [1.807, 2.05) is 139 Å². The molecule has 0 saturated carbocycles. The number of hydrogen-bond donors (Lipinski definition) is 0. The van der Waals surface area contributed by atoms with Gasteiger partial charge in [0.05, 0.1) is 5.56 Å². The molecular formula is C120H96N4O4+4. The van der Waals surface area contributed by atoms with Crippen LogP contribution in [0.25, 0.3) is 220 Å². The van der Waals surface area contributed by atoms with Gasteiger partial charge in [0.15, 0.2) is 24.8 Å². The van der Waals surface area contributed by atoms with Gasteiger partial charge in [0.25, 0.3) is 0 Å². The maximum atomic E-state index is 8.13. The largest absolute Gasteiger partial charge is 0.456 e. The van der Waals surface area contributed by atoms with E-state index in [1.54, 1.807) is 24.5 Å². The molecule has 16 aromatic carbocycles. The van der Waals surface area contributed by atoms with Crippen molar-refractivity contribution in [1.29, 1.82) is 0 Å². The summed E-state index contributed by atoms with van der Waals surface area (Å²) in [4.78, 5) is 0. The number of aromatic nitrogens is 4. The van der Waals surface area contributed by atoms with Crippen LogP contribution in [-0.2, 0) is 28.2 Å². The minimum Gasteiger partial charge on any atom is -0.456 e. The number of pyridine rings is 4. The Labute approximate surface area is 756 Å². The highest BCUT2D eigenvalue weighted by Gasteiger charge is 2.26.